The quantitative estimate of drug-likeness (QED) is 0.195. The number of ether oxygens (including phenoxy) is 2. The van der Waals surface area contributed by atoms with E-state index in [0.29, 0.717) is 60.5 Å². The van der Waals surface area contributed by atoms with Crippen LogP contribution in [0.4, 0.5) is 0 Å². The third-order valence-electron chi connectivity index (χ3n) is 8.32. The highest BCUT2D eigenvalue weighted by Crippen LogP contribution is 2.48. The topological polar surface area (TPSA) is 124 Å². The maximum absolute atomic E-state index is 11.6. The number of phenolic OH excluding ortho intramolecular Hbond substituents is 1. The summed E-state index contributed by atoms with van der Waals surface area (Å²) in [7, 11) is 2.17. The number of aliphatic hydroxyl groups excluding tert-OH is 1. The van der Waals surface area contributed by atoms with Crippen molar-refractivity contribution >= 4 is 17.4 Å². The lowest BCUT2D eigenvalue weighted by Crippen LogP contribution is -2.38. The van der Waals surface area contributed by atoms with Crippen LogP contribution in [-0.4, -0.2) is 65.5 Å². The smallest absolute Gasteiger partial charge is 0.293 e. The number of nitrogens with one attached hydrogen (secondary N) is 2. The Bertz CT molecular complexity index is 1330. The fourth-order valence-electron chi connectivity index (χ4n) is 6.52. The van der Waals surface area contributed by atoms with Gasteiger partial charge in [0.15, 0.2) is 0 Å². The van der Waals surface area contributed by atoms with E-state index in [1.54, 1.807) is 12.1 Å². The summed E-state index contributed by atoms with van der Waals surface area (Å²) in [5.41, 5.74) is 1.72. The number of aromatic nitrogens is 1. The number of carbonyl (C=O) groups excluding carboxylic acids is 1. The van der Waals surface area contributed by atoms with Crippen LogP contribution in [0.3, 0.4) is 0 Å². The minimum absolute atomic E-state index is 0.0269. The minimum Gasteiger partial charge on any atom is -0.506 e. The number of H-pyrrole nitrogens is 1. The Hall–Kier alpha value is -3.40. The molecule has 39 heavy (non-hydrogen) atoms. The van der Waals surface area contributed by atoms with Gasteiger partial charge in [-0.05, 0) is 74.0 Å². The highest BCUT2D eigenvalue weighted by molar-refractivity contribution is 5.87. The first-order valence-corrected chi connectivity index (χ1v) is 13.7. The van der Waals surface area contributed by atoms with Crippen molar-refractivity contribution < 1.29 is 24.5 Å². The van der Waals surface area contributed by atoms with Crippen molar-refractivity contribution in [1.82, 2.24) is 15.2 Å². The summed E-state index contributed by atoms with van der Waals surface area (Å²) in [6.07, 6.45) is 3.57. The second-order valence-corrected chi connectivity index (χ2v) is 10.8. The molecule has 9 heteroatoms. The fraction of sp³-hybridized carbons (Fsp3) is 0.467. The molecular weight excluding hydrogens is 498 g/mol. The molecule has 1 heterocycles. The fourth-order valence-corrected chi connectivity index (χ4v) is 6.52. The summed E-state index contributed by atoms with van der Waals surface area (Å²) in [6.45, 7) is 3.08. The Morgan fingerprint density at radius 1 is 1.15 bits per heavy atom. The van der Waals surface area contributed by atoms with Gasteiger partial charge in [-0.3, -0.25) is 9.59 Å². The first-order chi connectivity index (χ1) is 18.9. The largest absolute Gasteiger partial charge is 0.506 e. The number of hydrogen-bond acceptors (Lipinski definition) is 8. The molecule has 0 spiro atoms. The maximum atomic E-state index is 11.6. The molecular formula is C30H37N3O6. The van der Waals surface area contributed by atoms with Crippen LogP contribution in [0.15, 0.2) is 53.3 Å². The van der Waals surface area contributed by atoms with E-state index in [0.717, 1.165) is 37.1 Å². The van der Waals surface area contributed by atoms with Gasteiger partial charge < -0.3 is 34.9 Å². The number of hydrogen-bond donors (Lipinski definition) is 4. The SMILES string of the molecule is CN(CCCOc1ccc(CNC[C@@H](O)c2ccc(O)c3[nH]c(=O)ccc23)cc1)[C@H]1[C@H]2CC[C@@H]1[C@H](OC=O)C2. The molecule has 0 unspecified atom stereocenters. The van der Waals surface area contributed by atoms with E-state index in [2.05, 4.69) is 22.2 Å². The summed E-state index contributed by atoms with van der Waals surface area (Å²) in [4.78, 5) is 27.4. The second kappa shape index (κ2) is 12.2. The molecule has 2 bridgehead atoms. The molecule has 2 fully saturated rings. The van der Waals surface area contributed by atoms with Gasteiger partial charge in [0.05, 0.1) is 18.2 Å². The summed E-state index contributed by atoms with van der Waals surface area (Å²) < 4.78 is 11.3. The lowest BCUT2D eigenvalue weighted by Gasteiger charge is -2.28. The van der Waals surface area contributed by atoms with Crippen molar-refractivity contribution in [3.8, 4) is 11.5 Å². The Balaban J connectivity index is 1.04. The molecule has 2 saturated carbocycles. The molecule has 0 saturated heterocycles. The number of nitrogens with zero attached hydrogens (tertiary/aromatic N) is 1. The van der Waals surface area contributed by atoms with Gasteiger partial charge in [0.25, 0.3) is 6.47 Å². The Labute approximate surface area is 227 Å². The third kappa shape index (κ3) is 6.11. The van der Waals surface area contributed by atoms with Crippen LogP contribution in [0.2, 0.25) is 0 Å². The molecule has 0 aliphatic heterocycles. The molecule has 0 radical (unpaired) electrons. The molecule has 5 atom stereocenters. The number of phenols is 1. The molecule has 2 aliphatic rings. The number of aliphatic hydroxyl groups is 1. The van der Waals surface area contributed by atoms with Crippen LogP contribution in [0.25, 0.3) is 10.9 Å². The summed E-state index contributed by atoms with van der Waals surface area (Å²) in [5, 5.41) is 24.6. The number of pyridine rings is 1. The Morgan fingerprint density at radius 3 is 2.77 bits per heavy atom. The monoisotopic (exact) mass is 535 g/mol. The van der Waals surface area contributed by atoms with Gasteiger partial charge in [0.1, 0.15) is 17.6 Å². The van der Waals surface area contributed by atoms with Gasteiger partial charge in [-0.25, -0.2) is 0 Å². The van der Waals surface area contributed by atoms with Crippen molar-refractivity contribution in [2.24, 2.45) is 11.8 Å². The predicted octanol–water partition coefficient (Wildman–Crippen LogP) is 3.10. The number of carbonyl (C=O) groups is 1. The Kier molecular flexibility index (Phi) is 8.50. The van der Waals surface area contributed by atoms with Gasteiger partial charge in [-0.1, -0.05) is 18.2 Å². The average molecular weight is 536 g/mol. The van der Waals surface area contributed by atoms with Crippen molar-refractivity contribution in [3.63, 3.8) is 0 Å². The van der Waals surface area contributed by atoms with E-state index in [1.165, 1.54) is 18.6 Å². The molecule has 4 N–H and O–H groups in total. The minimum atomic E-state index is -0.803. The van der Waals surface area contributed by atoms with E-state index in [-0.39, 0.29) is 17.4 Å². The molecule has 5 rings (SSSR count). The Morgan fingerprint density at radius 2 is 1.97 bits per heavy atom. The zero-order valence-electron chi connectivity index (χ0n) is 22.2. The van der Waals surface area contributed by atoms with Crippen molar-refractivity contribution in [1.29, 1.82) is 0 Å². The molecule has 1 aromatic heterocycles. The zero-order valence-corrected chi connectivity index (χ0v) is 22.2. The van der Waals surface area contributed by atoms with Crippen molar-refractivity contribution in [2.75, 3.05) is 26.7 Å². The predicted molar refractivity (Wildman–Crippen MR) is 148 cm³/mol. The summed E-state index contributed by atoms with van der Waals surface area (Å²) >= 11 is 0. The first-order valence-electron chi connectivity index (χ1n) is 13.7. The van der Waals surface area contributed by atoms with Gasteiger partial charge in [0.2, 0.25) is 5.56 Å². The van der Waals surface area contributed by atoms with E-state index in [1.807, 2.05) is 24.3 Å². The lowest BCUT2D eigenvalue weighted by atomic mass is 9.98. The number of benzene rings is 2. The van der Waals surface area contributed by atoms with Gasteiger partial charge in [-0.15, -0.1) is 0 Å². The molecule has 2 aromatic carbocycles. The van der Waals surface area contributed by atoms with E-state index in [4.69, 9.17) is 9.47 Å². The molecule has 208 valence electrons. The number of aromatic amines is 1. The summed E-state index contributed by atoms with van der Waals surface area (Å²) in [5.74, 6) is 1.88. The lowest BCUT2D eigenvalue weighted by molar-refractivity contribution is -0.136. The molecule has 0 amide bonds. The van der Waals surface area contributed by atoms with Crippen LogP contribution < -0.4 is 15.6 Å². The molecule has 2 aliphatic carbocycles. The van der Waals surface area contributed by atoms with Crippen LogP contribution in [0, 0.1) is 11.8 Å². The second-order valence-electron chi connectivity index (χ2n) is 10.8. The number of aromatic hydroxyl groups is 1. The standard InChI is InChI=1S/C30H37N3O6/c1-33(30-20-5-8-24(30)27(15-20)39-18-34)13-2-14-38-21-6-3-19(4-7-21)16-31-17-26(36)22-9-11-25(35)29-23(22)10-12-28(37)32-29/h3-4,6-7,9-12,18,20,24,26-27,30-31,35-36H,2,5,8,13-17H2,1H3,(H,32,37)/t20-,24+,26+,27+,30-/m0/s1. The van der Waals surface area contributed by atoms with Crippen molar-refractivity contribution in [2.45, 2.75) is 50.5 Å². The van der Waals surface area contributed by atoms with Crippen molar-refractivity contribution in [3.05, 3.63) is 70.0 Å². The average Bonchev–Trinajstić information content (AvgIpc) is 3.50. The number of rotatable bonds is 13. The van der Waals surface area contributed by atoms with E-state index >= 15 is 0 Å². The van der Waals surface area contributed by atoms with Gasteiger partial charge in [0, 0.05) is 43.0 Å². The highest BCUT2D eigenvalue weighted by atomic mass is 16.5. The normalized spacial score (nSPS) is 22.8. The first kappa shape index (κ1) is 27.2. The van der Waals surface area contributed by atoms with Crippen LogP contribution in [0.1, 0.15) is 42.9 Å². The van der Waals surface area contributed by atoms with Gasteiger partial charge in [-0.2, -0.15) is 0 Å². The molecule has 3 aromatic rings. The summed E-state index contributed by atoms with van der Waals surface area (Å²) in [6, 6.07) is 14.6. The van der Waals surface area contributed by atoms with Crippen LogP contribution in [0.5, 0.6) is 11.5 Å². The van der Waals surface area contributed by atoms with Crippen LogP contribution in [-0.2, 0) is 16.1 Å². The van der Waals surface area contributed by atoms with E-state index in [9.17, 15) is 19.8 Å². The zero-order chi connectivity index (χ0) is 27.4. The van der Waals surface area contributed by atoms with Gasteiger partial charge >= 0.3 is 0 Å². The van der Waals surface area contributed by atoms with E-state index < -0.39 is 6.10 Å². The third-order valence-corrected chi connectivity index (χ3v) is 8.32. The number of fused-ring (bicyclic) bond motifs is 3. The molecule has 9 nitrogen and oxygen atoms in total. The van der Waals surface area contributed by atoms with Crippen LogP contribution >= 0.6 is 0 Å². The maximum Gasteiger partial charge on any atom is 0.293 e. The highest BCUT2D eigenvalue weighted by Gasteiger charge is 2.50.